The molecule has 16 heavy (non-hydrogen) atoms. The monoisotopic (exact) mass is 255 g/mol. The molecule has 0 saturated heterocycles. The molecule has 1 N–H and O–H groups in total. The SMILES string of the molecule is CNC(C1=CCCC1)c1ccc(Cl)c(Cl)c1. The van der Waals surface area contributed by atoms with Gasteiger partial charge in [0.05, 0.1) is 16.1 Å². The van der Waals surface area contributed by atoms with Crippen LogP contribution in [-0.2, 0) is 0 Å². The number of rotatable bonds is 3. The Balaban J connectivity index is 2.29. The summed E-state index contributed by atoms with van der Waals surface area (Å²) in [5.74, 6) is 0. The van der Waals surface area contributed by atoms with E-state index in [4.69, 9.17) is 23.2 Å². The van der Waals surface area contributed by atoms with Gasteiger partial charge in [-0.1, -0.05) is 40.9 Å². The predicted molar refractivity (Wildman–Crippen MR) is 70.2 cm³/mol. The minimum atomic E-state index is 0.275. The summed E-state index contributed by atoms with van der Waals surface area (Å²) in [7, 11) is 1.98. The summed E-state index contributed by atoms with van der Waals surface area (Å²) in [6.45, 7) is 0. The van der Waals surface area contributed by atoms with E-state index in [1.54, 1.807) is 0 Å². The Morgan fingerprint density at radius 3 is 2.62 bits per heavy atom. The Labute approximate surface area is 106 Å². The molecule has 0 fully saturated rings. The lowest BCUT2D eigenvalue weighted by molar-refractivity contribution is 0.656. The van der Waals surface area contributed by atoms with Crippen molar-refractivity contribution in [1.82, 2.24) is 5.32 Å². The fourth-order valence-corrected chi connectivity index (χ4v) is 2.52. The highest BCUT2D eigenvalue weighted by atomic mass is 35.5. The second-order valence-corrected chi connectivity index (χ2v) is 4.88. The van der Waals surface area contributed by atoms with Gasteiger partial charge in [-0.25, -0.2) is 0 Å². The van der Waals surface area contributed by atoms with E-state index in [1.807, 2.05) is 25.2 Å². The van der Waals surface area contributed by atoms with Crippen LogP contribution in [0.25, 0.3) is 0 Å². The van der Waals surface area contributed by atoms with Crippen molar-refractivity contribution in [3.63, 3.8) is 0 Å². The average molecular weight is 256 g/mol. The van der Waals surface area contributed by atoms with Gasteiger partial charge in [0.1, 0.15) is 0 Å². The molecule has 0 saturated carbocycles. The molecule has 1 nitrogen and oxygen atoms in total. The normalized spacial score (nSPS) is 17.3. The number of allylic oxidation sites excluding steroid dienone is 1. The summed E-state index contributed by atoms with van der Waals surface area (Å²) < 4.78 is 0. The first kappa shape index (κ1) is 12.0. The molecule has 0 aromatic heterocycles. The van der Waals surface area contributed by atoms with E-state index in [9.17, 15) is 0 Å². The van der Waals surface area contributed by atoms with Crippen molar-refractivity contribution in [2.24, 2.45) is 0 Å². The maximum atomic E-state index is 6.04. The molecule has 1 aliphatic carbocycles. The van der Waals surface area contributed by atoms with Crippen molar-refractivity contribution >= 4 is 23.2 Å². The smallest absolute Gasteiger partial charge is 0.0595 e. The van der Waals surface area contributed by atoms with Crippen molar-refractivity contribution in [2.75, 3.05) is 7.05 Å². The van der Waals surface area contributed by atoms with Crippen LogP contribution in [0.5, 0.6) is 0 Å². The molecule has 1 unspecified atom stereocenters. The van der Waals surface area contributed by atoms with E-state index in [0.717, 1.165) is 0 Å². The molecular formula is C13H15Cl2N. The van der Waals surface area contributed by atoms with Crippen molar-refractivity contribution in [3.05, 3.63) is 45.5 Å². The summed E-state index contributed by atoms with van der Waals surface area (Å²) >= 11 is 12.0. The number of nitrogens with one attached hydrogen (secondary N) is 1. The third-order valence-corrected chi connectivity index (χ3v) is 3.75. The van der Waals surface area contributed by atoms with E-state index in [-0.39, 0.29) is 6.04 Å². The van der Waals surface area contributed by atoms with Gasteiger partial charge in [0.2, 0.25) is 0 Å². The third-order valence-electron chi connectivity index (χ3n) is 3.01. The van der Waals surface area contributed by atoms with E-state index in [0.29, 0.717) is 10.0 Å². The zero-order chi connectivity index (χ0) is 11.5. The average Bonchev–Trinajstić information content (AvgIpc) is 2.78. The Morgan fingerprint density at radius 2 is 2.06 bits per heavy atom. The second kappa shape index (κ2) is 5.22. The van der Waals surface area contributed by atoms with Gasteiger partial charge in [-0.3, -0.25) is 0 Å². The molecule has 0 amide bonds. The van der Waals surface area contributed by atoms with E-state index < -0.39 is 0 Å². The van der Waals surface area contributed by atoms with Gasteiger partial charge in [0.25, 0.3) is 0 Å². The molecule has 1 aliphatic rings. The highest BCUT2D eigenvalue weighted by Crippen LogP contribution is 2.33. The van der Waals surface area contributed by atoms with Gasteiger partial charge >= 0.3 is 0 Å². The molecule has 0 radical (unpaired) electrons. The summed E-state index contributed by atoms with van der Waals surface area (Å²) in [4.78, 5) is 0. The quantitative estimate of drug-likeness (QED) is 0.792. The Hall–Kier alpha value is -0.500. The summed E-state index contributed by atoms with van der Waals surface area (Å²) in [6.07, 6.45) is 5.94. The first-order chi connectivity index (χ1) is 7.72. The standard InChI is InChI=1S/C13H15Cl2N/c1-16-13(9-4-2-3-5-9)10-6-7-11(14)12(15)8-10/h4,6-8,13,16H,2-3,5H2,1H3. The number of benzene rings is 1. The molecule has 86 valence electrons. The zero-order valence-electron chi connectivity index (χ0n) is 9.26. The fourth-order valence-electron chi connectivity index (χ4n) is 2.22. The van der Waals surface area contributed by atoms with Gasteiger partial charge in [0.15, 0.2) is 0 Å². The highest BCUT2D eigenvalue weighted by molar-refractivity contribution is 6.42. The van der Waals surface area contributed by atoms with Crippen LogP contribution in [0.15, 0.2) is 29.8 Å². The largest absolute Gasteiger partial charge is 0.310 e. The molecule has 1 aromatic rings. The molecule has 3 heteroatoms. The predicted octanol–water partition coefficient (Wildman–Crippen LogP) is 4.36. The number of likely N-dealkylation sites (N-methyl/N-ethyl adjacent to an activating group) is 1. The maximum absolute atomic E-state index is 6.04. The van der Waals surface area contributed by atoms with Crippen molar-refractivity contribution in [3.8, 4) is 0 Å². The number of halogens is 2. The van der Waals surface area contributed by atoms with Crippen LogP contribution in [0.4, 0.5) is 0 Å². The van der Waals surface area contributed by atoms with Crippen LogP contribution in [0.2, 0.25) is 10.0 Å². The molecule has 0 aliphatic heterocycles. The van der Waals surface area contributed by atoms with Crippen molar-refractivity contribution in [2.45, 2.75) is 25.3 Å². The van der Waals surface area contributed by atoms with Crippen LogP contribution >= 0.6 is 23.2 Å². The van der Waals surface area contributed by atoms with Gasteiger partial charge in [-0.2, -0.15) is 0 Å². The van der Waals surface area contributed by atoms with Crippen LogP contribution in [-0.4, -0.2) is 7.05 Å². The first-order valence-electron chi connectivity index (χ1n) is 5.53. The lowest BCUT2D eigenvalue weighted by Crippen LogP contribution is -2.17. The Morgan fingerprint density at radius 1 is 1.25 bits per heavy atom. The summed E-state index contributed by atoms with van der Waals surface area (Å²) in [5.41, 5.74) is 2.64. The minimum Gasteiger partial charge on any atom is -0.310 e. The maximum Gasteiger partial charge on any atom is 0.0595 e. The summed E-state index contributed by atoms with van der Waals surface area (Å²) in [5, 5.41) is 4.57. The molecule has 0 heterocycles. The van der Waals surface area contributed by atoms with Crippen LogP contribution in [0.3, 0.4) is 0 Å². The van der Waals surface area contributed by atoms with Gasteiger partial charge in [0, 0.05) is 0 Å². The molecule has 2 rings (SSSR count). The van der Waals surface area contributed by atoms with Crippen molar-refractivity contribution in [1.29, 1.82) is 0 Å². The minimum absolute atomic E-state index is 0.275. The Kier molecular flexibility index (Phi) is 3.91. The lowest BCUT2D eigenvalue weighted by Gasteiger charge is -2.18. The number of hydrogen-bond donors (Lipinski definition) is 1. The van der Waals surface area contributed by atoms with E-state index >= 15 is 0 Å². The van der Waals surface area contributed by atoms with Crippen LogP contribution in [0.1, 0.15) is 30.9 Å². The zero-order valence-corrected chi connectivity index (χ0v) is 10.8. The van der Waals surface area contributed by atoms with E-state index in [1.165, 1.54) is 30.4 Å². The van der Waals surface area contributed by atoms with E-state index in [2.05, 4.69) is 11.4 Å². The van der Waals surface area contributed by atoms with Gasteiger partial charge < -0.3 is 5.32 Å². The molecular weight excluding hydrogens is 241 g/mol. The highest BCUT2D eigenvalue weighted by Gasteiger charge is 2.17. The topological polar surface area (TPSA) is 12.0 Å². The number of hydrogen-bond acceptors (Lipinski definition) is 1. The molecule has 1 aromatic carbocycles. The Bertz CT molecular complexity index is 412. The third kappa shape index (κ3) is 2.42. The van der Waals surface area contributed by atoms with Crippen LogP contribution < -0.4 is 5.32 Å². The molecule has 0 bridgehead atoms. The molecule has 0 spiro atoms. The second-order valence-electron chi connectivity index (χ2n) is 4.07. The van der Waals surface area contributed by atoms with Gasteiger partial charge in [-0.15, -0.1) is 0 Å². The van der Waals surface area contributed by atoms with Crippen LogP contribution in [0, 0.1) is 0 Å². The lowest BCUT2D eigenvalue weighted by atomic mass is 9.98. The summed E-state index contributed by atoms with van der Waals surface area (Å²) in [6, 6.07) is 6.12. The fraction of sp³-hybridized carbons (Fsp3) is 0.385. The van der Waals surface area contributed by atoms with Crippen molar-refractivity contribution < 1.29 is 0 Å². The molecule has 1 atom stereocenters. The van der Waals surface area contributed by atoms with Gasteiger partial charge in [-0.05, 0) is 44.0 Å². The first-order valence-corrected chi connectivity index (χ1v) is 6.29.